The molecule has 0 aliphatic rings. The molecule has 0 aromatic heterocycles. The van der Waals surface area contributed by atoms with Crippen LogP contribution in [0.15, 0.2) is 29.2 Å². The van der Waals surface area contributed by atoms with Gasteiger partial charge in [-0.05, 0) is 30.5 Å². The Morgan fingerprint density at radius 1 is 1.31 bits per heavy atom. The largest absolute Gasteiger partial charge is 0.493 e. The van der Waals surface area contributed by atoms with Gasteiger partial charge in [-0.15, -0.1) is 12.6 Å². The van der Waals surface area contributed by atoms with E-state index in [2.05, 4.69) is 26.5 Å². The lowest BCUT2D eigenvalue weighted by Crippen LogP contribution is -2.11. The van der Waals surface area contributed by atoms with Crippen LogP contribution in [0.5, 0.6) is 5.75 Å². The third-order valence-electron chi connectivity index (χ3n) is 2.85. The molecule has 16 heavy (non-hydrogen) atoms. The number of rotatable bonds is 7. The second-order valence-corrected chi connectivity index (χ2v) is 4.74. The number of hydrogen-bond acceptors (Lipinski definition) is 2. The lowest BCUT2D eigenvalue weighted by Gasteiger charge is -2.15. The molecule has 0 saturated heterocycles. The molecule has 1 unspecified atom stereocenters. The molecule has 0 saturated carbocycles. The first-order valence-electron chi connectivity index (χ1n) is 6.18. The van der Waals surface area contributed by atoms with Gasteiger partial charge in [-0.1, -0.05) is 39.2 Å². The molecule has 0 radical (unpaired) electrons. The van der Waals surface area contributed by atoms with Crippen LogP contribution in [0.2, 0.25) is 0 Å². The van der Waals surface area contributed by atoms with E-state index in [-0.39, 0.29) is 0 Å². The zero-order valence-corrected chi connectivity index (χ0v) is 11.2. The Morgan fingerprint density at radius 3 is 2.75 bits per heavy atom. The molecule has 1 aromatic rings. The summed E-state index contributed by atoms with van der Waals surface area (Å²) < 4.78 is 5.79. The predicted octanol–water partition coefficient (Wildman–Crippen LogP) is 4.57. The molecule has 0 heterocycles. The third kappa shape index (κ3) is 4.93. The fourth-order valence-corrected chi connectivity index (χ4v) is 1.90. The number of benzene rings is 1. The maximum Gasteiger partial charge on any atom is 0.120 e. The summed E-state index contributed by atoms with van der Waals surface area (Å²) in [4.78, 5) is 0.958. The third-order valence-corrected chi connectivity index (χ3v) is 3.12. The molecule has 1 aromatic carbocycles. The van der Waals surface area contributed by atoms with E-state index in [0.717, 1.165) is 17.3 Å². The molecule has 0 aliphatic carbocycles. The predicted molar refractivity (Wildman–Crippen MR) is 72.5 cm³/mol. The highest BCUT2D eigenvalue weighted by atomic mass is 32.1. The average molecular weight is 238 g/mol. The van der Waals surface area contributed by atoms with Crippen molar-refractivity contribution in [2.45, 2.75) is 44.4 Å². The Balaban J connectivity index is 2.37. The summed E-state index contributed by atoms with van der Waals surface area (Å²) in [7, 11) is 0. The lowest BCUT2D eigenvalue weighted by molar-refractivity contribution is 0.233. The van der Waals surface area contributed by atoms with Crippen LogP contribution < -0.4 is 4.74 Å². The minimum Gasteiger partial charge on any atom is -0.493 e. The molecule has 0 N–H and O–H groups in total. The van der Waals surface area contributed by atoms with E-state index >= 15 is 0 Å². The molecule has 1 atom stereocenters. The summed E-state index contributed by atoms with van der Waals surface area (Å²) in [5.41, 5.74) is 0. The Labute approximate surface area is 105 Å². The molecule has 1 nitrogen and oxygen atoms in total. The van der Waals surface area contributed by atoms with Gasteiger partial charge in [-0.25, -0.2) is 0 Å². The van der Waals surface area contributed by atoms with Gasteiger partial charge >= 0.3 is 0 Å². The SMILES string of the molecule is CCCCC(CC)COc1cccc(S)c1. The van der Waals surface area contributed by atoms with Crippen molar-refractivity contribution in [2.75, 3.05) is 6.61 Å². The molecule has 1 rings (SSSR count). The van der Waals surface area contributed by atoms with E-state index in [1.807, 2.05) is 24.3 Å². The standard InChI is InChI=1S/C14H22OS/c1-3-5-7-12(4-2)11-15-13-8-6-9-14(16)10-13/h6,8-10,12,16H,3-5,7,11H2,1-2H3. The molecule has 0 amide bonds. The van der Waals surface area contributed by atoms with Gasteiger partial charge < -0.3 is 4.74 Å². The highest BCUT2D eigenvalue weighted by molar-refractivity contribution is 7.80. The summed E-state index contributed by atoms with van der Waals surface area (Å²) in [5, 5.41) is 0. The molecule has 0 bridgehead atoms. The zero-order chi connectivity index (χ0) is 11.8. The molecular weight excluding hydrogens is 216 g/mol. The van der Waals surface area contributed by atoms with Gasteiger partial charge in [0.1, 0.15) is 5.75 Å². The monoisotopic (exact) mass is 238 g/mol. The average Bonchev–Trinajstić information content (AvgIpc) is 2.29. The van der Waals surface area contributed by atoms with Gasteiger partial charge in [0, 0.05) is 4.90 Å². The van der Waals surface area contributed by atoms with Gasteiger partial charge in [-0.3, -0.25) is 0 Å². The van der Waals surface area contributed by atoms with Crippen LogP contribution in [0.1, 0.15) is 39.5 Å². The molecule has 0 aliphatic heterocycles. The van der Waals surface area contributed by atoms with Gasteiger partial charge in [-0.2, -0.15) is 0 Å². The fourth-order valence-electron chi connectivity index (χ4n) is 1.69. The van der Waals surface area contributed by atoms with Gasteiger partial charge in [0.05, 0.1) is 6.61 Å². The van der Waals surface area contributed by atoms with E-state index in [1.54, 1.807) is 0 Å². The lowest BCUT2D eigenvalue weighted by atomic mass is 10.0. The van der Waals surface area contributed by atoms with Crippen LogP contribution in [0, 0.1) is 5.92 Å². The summed E-state index contributed by atoms with van der Waals surface area (Å²) in [6.07, 6.45) is 5.03. The molecule has 0 fully saturated rings. The summed E-state index contributed by atoms with van der Waals surface area (Å²) in [6.45, 7) is 5.30. The summed E-state index contributed by atoms with van der Waals surface area (Å²) in [5.74, 6) is 1.62. The first kappa shape index (κ1) is 13.4. The zero-order valence-electron chi connectivity index (χ0n) is 10.3. The summed E-state index contributed by atoms with van der Waals surface area (Å²) >= 11 is 4.30. The van der Waals surface area contributed by atoms with E-state index < -0.39 is 0 Å². The Morgan fingerprint density at radius 2 is 2.12 bits per heavy atom. The van der Waals surface area contributed by atoms with E-state index in [4.69, 9.17) is 4.74 Å². The maximum absolute atomic E-state index is 5.79. The van der Waals surface area contributed by atoms with Crippen molar-refractivity contribution in [2.24, 2.45) is 5.92 Å². The van der Waals surface area contributed by atoms with Crippen molar-refractivity contribution in [3.05, 3.63) is 24.3 Å². The van der Waals surface area contributed by atoms with E-state index in [1.165, 1.54) is 25.7 Å². The molecule has 0 spiro atoms. The first-order chi connectivity index (χ1) is 7.76. The number of ether oxygens (including phenoxy) is 1. The van der Waals surface area contributed by atoms with Gasteiger partial charge in [0.15, 0.2) is 0 Å². The maximum atomic E-state index is 5.79. The van der Waals surface area contributed by atoms with Crippen LogP contribution in [0.3, 0.4) is 0 Å². The van der Waals surface area contributed by atoms with Crippen LogP contribution in [0.4, 0.5) is 0 Å². The van der Waals surface area contributed by atoms with Crippen molar-refractivity contribution in [1.29, 1.82) is 0 Å². The van der Waals surface area contributed by atoms with Crippen molar-refractivity contribution < 1.29 is 4.74 Å². The minimum atomic E-state index is 0.684. The van der Waals surface area contributed by atoms with Crippen LogP contribution in [-0.2, 0) is 0 Å². The fraction of sp³-hybridized carbons (Fsp3) is 0.571. The Kier molecular flexibility index (Phi) is 6.39. The second kappa shape index (κ2) is 7.61. The first-order valence-corrected chi connectivity index (χ1v) is 6.62. The number of hydrogen-bond donors (Lipinski definition) is 1. The van der Waals surface area contributed by atoms with Crippen LogP contribution >= 0.6 is 12.6 Å². The van der Waals surface area contributed by atoms with Crippen molar-refractivity contribution in [3.63, 3.8) is 0 Å². The quantitative estimate of drug-likeness (QED) is 0.685. The molecular formula is C14H22OS. The van der Waals surface area contributed by atoms with Crippen LogP contribution in [0.25, 0.3) is 0 Å². The van der Waals surface area contributed by atoms with E-state index in [0.29, 0.717) is 5.92 Å². The highest BCUT2D eigenvalue weighted by Gasteiger charge is 2.06. The highest BCUT2D eigenvalue weighted by Crippen LogP contribution is 2.19. The Hall–Kier alpha value is -0.630. The van der Waals surface area contributed by atoms with Crippen LogP contribution in [-0.4, -0.2) is 6.61 Å². The normalized spacial score (nSPS) is 12.4. The van der Waals surface area contributed by atoms with Gasteiger partial charge in [0.2, 0.25) is 0 Å². The minimum absolute atomic E-state index is 0.684. The van der Waals surface area contributed by atoms with Crippen molar-refractivity contribution >= 4 is 12.6 Å². The van der Waals surface area contributed by atoms with Crippen molar-refractivity contribution in [1.82, 2.24) is 0 Å². The second-order valence-electron chi connectivity index (χ2n) is 4.22. The van der Waals surface area contributed by atoms with E-state index in [9.17, 15) is 0 Å². The van der Waals surface area contributed by atoms with Crippen molar-refractivity contribution in [3.8, 4) is 5.75 Å². The molecule has 2 heteroatoms. The number of thiol groups is 1. The number of unbranched alkanes of at least 4 members (excludes halogenated alkanes) is 1. The van der Waals surface area contributed by atoms with Gasteiger partial charge in [0.25, 0.3) is 0 Å². The topological polar surface area (TPSA) is 9.23 Å². The molecule has 90 valence electrons. The summed E-state index contributed by atoms with van der Waals surface area (Å²) in [6, 6.07) is 7.90. The smallest absolute Gasteiger partial charge is 0.120 e. The Bertz CT molecular complexity index is 299.